The van der Waals surface area contributed by atoms with E-state index in [0.29, 0.717) is 0 Å². The van der Waals surface area contributed by atoms with Gasteiger partial charge in [-0.05, 0) is 82.2 Å². The van der Waals surface area contributed by atoms with Crippen LogP contribution in [0.5, 0.6) is 11.5 Å². The fourth-order valence-electron chi connectivity index (χ4n) is 7.15. The zero-order valence-electron chi connectivity index (χ0n) is 22.4. The lowest BCUT2D eigenvalue weighted by molar-refractivity contribution is 0.493. The maximum absolute atomic E-state index is 6.80. The summed E-state index contributed by atoms with van der Waals surface area (Å²) in [5.41, 5.74) is 10.4. The number of aryl methyl sites for hydroxylation is 3. The van der Waals surface area contributed by atoms with Crippen LogP contribution in [0.3, 0.4) is 0 Å². The predicted octanol–water partition coefficient (Wildman–Crippen LogP) is 7.80. The summed E-state index contributed by atoms with van der Waals surface area (Å²) < 4.78 is 6.80. The van der Waals surface area contributed by atoms with Crippen LogP contribution in [-0.2, 0) is 0 Å². The van der Waals surface area contributed by atoms with Crippen molar-refractivity contribution in [2.45, 2.75) is 20.8 Å². The lowest BCUT2D eigenvalue weighted by Gasteiger charge is -2.20. The molecule has 1 nitrogen and oxygen atoms in total. The number of hydrogen-bond acceptors (Lipinski definition) is 1. The zero-order valence-corrected chi connectivity index (χ0v) is 22.4. The van der Waals surface area contributed by atoms with E-state index in [9.17, 15) is 0 Å². The van der Waals surface area contributed by atoms with E-state index in [1.54, 1.807) is 0 Å². The summed E-state index contributed by atoms with van der Waals surface area (Å²) in [7, 11) is 0. The molecular formula is C37H27BO. The molecule has 0 saturated carbocycles. The molecule has 1 aliphatic rings. The highest BCUT2D eigenvalue weighted by Gasteiger charge is 2.32. The van der Waals surface area contributed by atoms with Crippen molar-refractivity contribution < 1.29 is 4.74 Å². The van der Waals surface area contributed by atoms with Gasteiger partial charge in [0, 0.05) is 10.8 Å². The minimum atomic E-state index is 0.0919. The Morgan fingerprint density at radius 2 is 1.26 bits per heavy atom. The summed E-state index contributed by atoms with van der Waals surface area (Å²) in [5.74, 6) is 1.87. The van der Waals surface area contributed by atoms with E-state index in [2.05, 4.69) is 130 Å². The van der Waals surface area contributed by atoms with Crippen LogP contribution < -0.4 is 21.1 Å². The van der Waals surface area contributed by atoms with E-state index in [1.165, 1.54) is 76.5 Å². The fraction of sp³-hybridized carbons (Fsp3) is 0.0811. The molecule has 0 bridgehead atoms. The Hall–Kier alpha value is -4.56. The minimum Gasteiger partial charge on any atom is -0.457 e. The van der Waals surface area contributed by atoms with Gasteiger partial charge < -0.3 is 4.74 Å². The van der Waals surface area contributed by atoms with Gasteiger partial charge in [0.25, 0.3) is 0 Å². The van der Waals surface area contributed by atoms with Crippen LogP contribution in [0.1, 0.15) is 16.7 Å². The second kappa shape index (κ2) is 8.22. The van der Waals surface area contributed by atoms with Crippen LogP contribution in [0.25, 0.3) is 43.4 Å². The summed E-state index contributed by atoms with van der Waals surface area (Å²) in [6.45, 7) is 6.75. The van der Waals surface area contributed by atoms with Gasteiger partial charge in [-0.3, -0.25) is 0 Å². The maximum Gasteiger partial charge on any atom is 0.247 e. The normalized spacial score (nSPS) is 12.6. The van der Waals surface area contributed by atoms with Crippen molar-refractivity contribution in [2.24, 2.45) is 0 Å². The molecule has 1 aliphatic heterocycles. The van der Waals surface area contributed by atoms with Gasteiger partial charge in [0.1, 0.15) is 11.5 Å². The Labute approximate surface area is 229 Å². The zero-order chi connectivity index (χ0) is 26.2. The molecule has 0 radical (unpaired) electrons. The first kappa shape index (κ1) is 22.4. The maximum atomic E-state index is 6.80. The number of rotatable bonds is 2. The summed E-state index contributed by atoms with van der Waals surface area (Å²) in [6, 6.07) is 40.1. The third-order valence-corrected chi connectivity index (χ3v) is 8.60. The molecule has 0 atom stereocenters. The minimum absolute atomic E-state index is 0.0919. The Balaban J connectivity index is 1.52. The average molecular weight is 498 g/mol. The SMILES string of the molecule is Cc1cc(C)c(-c2ccc3cc4c5c(ccc6ccc2c3c65)B(c2ccccc2)c2ccccc2O4)c(C)c1. The molecule has 39 heavy (non-hydrogen) atoms. The first-order chi connectivity index (χ1) is 19.1. The second-order valence-electron chi connectivity index (χ2n) is 11.1. The molecule has 0 saturated heterocycles. The Bertz CT molecular complexity index is 2050. The number of ether oxygens (including phenoxy) is 1. The van der Waals surface area contributed by atoms with Gasteiger partial charge in [-0.1, -0.05) is 114 Å². The van der Waals surface area contributed by atoms with E-state index in [1.807, 2.05) is 0 Å². The smallest absolute Gasteiger partial charge is 0.247 e. The summed E-state index contributed by atoms with van der Waals surface area (Å²) in [4.78, 5) is 0. The van der Waals surface area contributed by atoms with E-state index >= 15 is 0 Å². The molecule has 0 aromatic heterocycles. The van der Waals surface area contributed by atoms with Gasteiger partial charge in [0.2, 0.25) is 6.71 Å². The molecular weight excluding hydrogens is 471 g/mol. The number of para-hydroxylation sites is 1. The second-order valence-corrected chi connectivity index (χ2v) is 11.1. The highest BCUT2D eigenvalue weighted by atomic mass is 16.5. The lowest BCUT2D eigenvalue weighted by atomic mass is 9.36. The quantitative estimate of drug-likeness (QED) is 0.175. The molecule has 7 aromatic rings. The topological polar surface area (TPSA) is 9.23 Å². The molecule has 2 heteroatoms. The molecule has 8 rings (SSSR count). The molecule has 1 heterocycles. The fourth-order valence-corrected chi connectivity index (χ4v) is 7.15. The van der Waals surface area contributed by atoms with Gasteiger partial charge in [0.05, 0.1) is 0 Å². The average Bonchev–Trinajstić information content (AvgIpc) is 3.08. The lowest BCUT2D eigenvalue weighted by Crippen LogP contribution is -2.51. The van der Waals surface area contributed by atoms with Gasteiger partial charge in [-0.25, -0.2) is 0 Å². The van der Waals surface area contributed by atoms with Crippen molar-refractivity contribution in [3.63, 3.8) is 0 Å². The first-order valence-electron chi connectivity index (χ1n) is 13.7. The largest absolute Gasteiger partial charge is 0.457 e. The molecule has 7 aromatic carbocycles. The van der Waals surface area contributed by atoms with Crippen molar-refractivity contribution in [3.8, 4) is 22.6 Å². The van der Waals surface area contributed by atoms with Gasteiger partial charge >= 0.3 is 0 Å². The van der Waals surface area contributed by atoms with Crippen molar-refractivity contribution in [3.05, 3.63) is 126 Å². The highest BCUT2D eigenvalue weighted by molar-refractivity contribution is 6.97. The van der Waals surface area contributed by atoms with Crippen LogP contribution >= 0.6 is 0 Å². The molecule has 0 unspecified atom stereocenters. The van der Waals surface area contributed by atoms with E-state index < -0.39 is 0 Å². The van der Waals surface area contributed by atoms with Crippen LogP contribution in [0.4, 0.5) is 0 Å². The van der Waals surface area contributed by atoms with Crippen molar-refractivity contribution in [1.82, 2.24) is 0 Å². The van der Waals surface area contributed by atoms with Gasteiger partial charge in [-0.15, -0.1) is 0 Å². The van der Waals surface area contributed by atoms with Crippen molar-refractivity contribution in [1.29, 1.82) is 0 Å². The Morgan fingerprint density at radius 3 is 2.08 bits per heavy atom. The number of benzene rings is 7. The first-order valence-corrected chi connectivity index (χ1v) is 13.7. The van der Waals surface area contributed by atoms with Crippen LogP contribution in [0.2, 0.25) is 0 Å². The predicted molar refractivity (Wildman–Crippen MR) is 167 cm³/mol. The Kier molecular flexibility index (Phi) is 4.73. The van der Waals surface area contributed by atoms with Crippen molar-refractivity contribution in [2.75, 3.05) is 0 Å². The monoisotopic (exact) mass is 498 g/mol. The van der Waals surface area contributed by atoms with Crippen molar-refractivity contribution >= 4 is 55.4 Å². The Morgan fingerprint density at radius 1 is 0.538 bits per heavy atom. The molecule has 0 N–H and O–H groups in total. The highest BCUT2D eigenvalue weighted by Crippen LogP contribution is 2.45. The molecule has 0 fully saturated rings. The van der Waals surface area contributed by atoms with E-state index in [4.69, 9.17) is 4.74 Å². The molecule has 184 valence electrons. The molecule has 0 amide bonds. The van der Waals surface area contributed by atoms with Gasteiger partial charge in [0.15, 0.2) is 0 Å². The summed E-state index contributed by atoms with van der Waals surface area (Å²) in [6.07, 6.45) is 0. The van der Waals surface area contributed by atoms with E-state index in [-0.39, 0.29) is 6.71 Å². The molecule has 0 spiro atoms. The van der Waals surface area contributed by atoms with Crippen LogP contribution in [-0.4, -0.2) is 6.71 Å². The third kappa shape index (κ3) is 3.21. The summed E-state index contributed by atoms with van der Waals surface area (Å²) >= 11 is 0. The molecule has 0 aliphatic carbocycles. The number of hydrogen-bond donors (Lipinski definition) is 0. The van der Waals surface area contributed by atoms with E-state index in [0.717, 1.165) is 11.5 Å². The van der Waals surface area contributed by atoms with Crippen LogP contribution in [0, 0.1) is 20.8 Å². The van der Waals surface area contributed by atoms with Crippen LogP contribution in [0.15, 0.2) is 109 Å². The summed E-state index contributed by atoms with van der Waals surface area (Å²) in [5, 5.41) is 7.63. The van der Waals surface area contributed by atoms with Gasteiger partial charge in [-0.2, -0.15) is 0 Å². The number of fused-ring (bicyclic) bond motifs is 1. The third-order valence-electron chi connectivity index (χ3n) is 8.60. The standard InChI is InChI=1S/C37H27BO/c1-22-19-23(2)34(24(3)20-22)28-17-14-26-21-33-37-31(18-15-25-13-16-29(28)35(26)36(25)37)38(27-9-5-4-6-10-27)30-11-7-8-12-32(30)39-33/h4-21H,1-3H3.